The molecular weight excluding hydrogens is 407 g/mol. The van der Waals surface area contributed by atoms with Gasteiger partial charge in [-0.05, 0) is 51.0 Å². The van der Waals surface area contributed by atoms with Gasteiger partial charge in [0.15, 0.2) is 0 Å². The smallest absolute Gasteiger partial charge is 0.276 e. The van der Waals surface area contributed by atoms with E-state index >= 15 is 0 Å². The van der Waals surface area contributed by atoms with Gasteiger partial charge in [-0.3, -0.25) is 9.59 Å². The highest BCUT2D eigenvalue weighted by Crippen LogP contribution is 2.24. The molecule has 1 N–H and O–H groups in total. The molecular formula is C25H25FN4O2. The minimum Gasteiger partial charge on any atom is -0.343 e. The lowest BCUT2D eigenvalue weighted by Crippen LogP contribution is -2.29. The number of anilines is 1. The van der Waals surface area contributed by atoms with Crippen LogP contribution in [0.4, 0.5) is 10.1 Å². The lowest BCUT2D eigenvalue weighted by atomic mass is 10.1. The molecule has 4 rings (SSSR count). The predicted molar refractivity (Wildman–Crippen MR) is 124 cm³/mol. The summed E-state index contributed by atoms with van der Waals surface area (Å²) < 4.78 is 17.3. The first-order chi connectivity index (χ1) is 15.3. The largest absolute Gasteiger partial charge is 0.343 e. The molecule has 0 atom stereocenters. The molecule has 0 unspecified atom stereocenters. The van der Waals surface area contributed by atoms with Gasteiger partial charge in [0.1, 0.15) is 12.4 Å². The molecule has 0 aliphatic heterocycles. The van der Waals surface area contributed by atoms with Crippen LogP contribution in [0.5, 0.6) is 0 Å². The zero-order chi connectivity index (χ0) is 23.0. The van der Waals surface area contributed by atoms with Crippen LogP contribution in [0.2, 0.25) is 0 Å². The van der Waals surface area contributed by atoms with E-state index in [1.807, 2.05) is 50.5 Å². The normalized spacial score (nSPS) is 11.2. The molecule has 0 saturated heterocycles. The number of halogens is 1. The summed E-state index contributed by atoms with van der Waals surface area (Å²) in [5.74, 6) is -0.615. The summed E-state index contributed by atoms with van der Waals surface area (Å²) in [6.07, 6.45) is 1.60. The van der Waals surface area contributed by atoms with Crippen LogP contribution in [0.25, 0.3) is 10.8 Å². The number of hydrogen-bond donors (Lipinski definition) is 1. The maximum Gasteiger partial charge on any atom is 0.276 e. The van der Waals surface area contributed by atoms with Crippen LogP contribution in [-0.2, 0) is 17.9 Å². The Morgan fingerprint density at radius 3 is 2.53 bits per heavy atom. The van der Waals surface area contributed by atoms with Gasteiger partial charge in [0.25, 0.3) is 5.56 Å². The van der Waals surface area contributed by atoms with Gasteiger partial charge >= 0.3 is 0 Å². The van der Waals surface area contributed by atoms with Gasteiger partial charge in [0.2, 0.25) is 5.91 Å². The molecule has 0 saturated carbocycles. The summed E-state index contributed by atoms with van der Waals surface area (Å²) >= 11 is 0. The predicted octanol–water partition coefficient (Wildman–Crippen LogP) is 4.26. The first kappa shape index (κ1) is 21.5. The van der Waals surface area contributed by atoms with Gasteiger partial charge < -0.3 is 9.88 Å². The third-order valence-electron chi connectivity index (χ3n) is 6.06. The van der Waals surface area contributed by atoms with E-state index in [1.165, 1.54) is 10.7 Å². The number of carbonyl (C=O) groups is 1. The van der Waals surface area contributed by atoms with Crippen molar-refractivity contribution >= 4 is 22.4 Å². The fourth-order valence-corrected chi connectivity index (χ4v) is 4.00. The van der Waals surface area contributed by atoms with E-state index in [1.54, 1.807) is 24.4 Å². The van der Waals surface area contributed by atoms with Crippen LogP contribution in [0, 0.1) is 33.5 Å². The highest BCUT2D eigenvalue weighted by Gasteiger charge is 2.18. The van der Waals surface area contributed by atoms with Gasteiger partial charge in [0.05, 0.1) is 18.1 Å². The number of hydrogen-bond acceptors (Lipinski definition) is 3. The molecule has 0 aliphatic rings. The lowest BCUT2D eigenvalue weighted by Gasteiger charge is -2.11. The third-order valence-corrected chi connectivity index (χ3v) is 6.06. The Bertz CT molecular complexity index is 1400. The number of benzene rings is 2. The second kappa shape index (κ2) is 8.42. The summed E-state index contributed by atoms with van der Waals surface area (Å²) in [6.45, 7) is 7.74. The second-order valence-corrected chi connectivity index (χ2v) is 8.04. The molecule has 0 bridgehead atoms. The van der Waals surface area contributed by atoms with Crippen LogP contribution in [0.15, 0.2) is 53.5 Å². The van der Waals surface area contributed by atoms with E-state index in [9.17, 15) is 14.0 Å². The zero-order valence-electron chi connectivity index (χ0n) is 18.6. The number of aromatic nitrogens is 3. The number of nitrogens with one attached hydrogen (secondary N) is 1. The molecule has 164 valence electrons. The summed E-state index contributed by atoms with van der Waals surface area (Å²) in [6, 6.07) is 12.3. The lowest BCUT2D eigenvalue weighted by molar-refractivity contribution is -0.117. The highest BCUT2D eigenvalue weighted by molar-refractivity contribution is 5.92. The number of amides is 1. The van der Waals surface area contributed by atoms with E-state index in [2.05, 4.69) is 10.4 Å². The van der Waals surface area contributed by atoms with E-state index in [0.29, 0.717) is 28.6 Å². The Hall–Kier alpha value is -3.74. The van der Waals surface area contributed by atoms with Gasteiger partial charge in [-0.1, -0.05) is 30.3 Å². The van der Waals surface area contributed by atoms with Crippen LogP contribution in [-0.4, -0.2) is 20.3 Å². The molecule has 4 aromatic rings. The second-order valence-electron chi connectivity index (χ2n) is 8.04. The molecule has 1 amide bonds. The maximum absolute atomic E-state index is 14.2. The first-order valence-electron chi connectivity index (χ1n) is 10.4. The number of nitrogens with zero attached hydrogens (tertiary/aromatic N) is 3. The van der Waals surface area contributed by atoms with Gasteiger partial charge in [-0.25, -0.2) is 9.07 Å². The quantitative estimate of drug-likeness (QED) is 0.512. The summed E-state index contributed by atoms with van der Waals surface area (Å²) in [5, 5.41) is 8.28. The SMILES string of the molecule is Cc1cccc(NC(=O)Cn2ncc3c(C)n(Cc4ccccc4F)c(C)c3c2=O)c1C. The van der Waals surface area contributed by atoms with Crippen molar-refractivity contribution in [1.29, 1.82) is 0 Å². The molecule has 0 spiro atoms. The van der Waals surface area contributed by atoms with Crippen molar-refractivity contribution in [1.82, 2.24) is 14.3 Å². The zero-order valence-corrected chi connectivity index (χ0v) is 18.6. The van der Waals surface area contributed by atoms with Gasteiger partial charge in [-0.2, -0.15) is 5.10 Å². The fraction of sp³-hybridized carbons (Fsp3) is 0.240. The molecule has 2 aromatic carbocycles. The summed E-state index contributed by atoms with van der Waals surface area (Å²) in [5.41, 5.74) is 4.52. The number of fused-ring (bicyclic) bond motifs is 1. The van der Waals surface area contributed by atoms with Crippen LogP contribution < -0.4 is 10.9 Å². The molecule has 32 heavy (non-hydrogen) atoms. The molecule has 2 heterocycles. The van der Waals surface area contributed by atoms with Gasteiger partial charge in [0, 0.05) is 28.0 Å². The van der Waals surface area contributed by atoms with Crippen molar-refractivity contribution in [2.24, 2.45) is 0 Å². The number of carbonyl (C=O) groups excluding carboxylic acids is 1. The van der Waals surface area contributed by atoms with E-state index < -0.39 is 0 Å². The van der Waals surface area contributed by atoms with E-state index in [0.717, 1.165) is 22.5 Å². The minimum absolute atomic E-state index is 0.195. The molecule has 7 heteroatoms. The Kier molecular flexibility index (Phi) is 5.65. The van der Waals surface area contributed by atoms with Crippen molar-refractivity contribution < 1.29 is 9.18 Å². The van der Waals surface area contributed by atoms with Crippen molar-refractivity contribution in [3.05, 3.63) is 92.9 Å². The van der Waals surface area contributed by atoms with Crippen molar-refractivity contribution in [2.45, 2.75) is 40.8 Å². The Balaban J connectivity index is 1.66. The Morgan fingerprint density at radius 1 is 1.03 bits per heavy atom. The number of aryl methyl sites for hydroxylation is 3. The van der Waals surface area contributed by atoms with E-state index in [4.69, 9.17) is 0 Å². The topological polar surface area (TPSA) is 68.9 Å². The molecule has 6 nitrogen and oxygen atoms in total. The summed E-state index contributed by atoms with van der Waals surface area (Å²) in [4.78, 5) is 25.8. The average Bonchev–Trinajstić information content (AvgIpc) is 3.00. The third kappa shape index (κ3) is 3.82. The van der Waals surface area contributed by atoms with Crippen LogP contribution >= 0.6 is 0 Å². The van der Waals surface area contributed by atoms with E-state index in [-0.39, 0.29) is 23.8 Å². The molecule has 2 aromatic heterocycles. The standard InChI is InChI=1S/C25H25FN4O2/c1-15-8-7-11-22(16(15)2)28-23(31)14-30-25(32)24-18(4)29(17(3)20(24)12-27-30)13-19-9-5-6-10-21(19)26/h5-12H,13-14H2,1-4H3,(H,28,31). The Morgan fingerprint density at radius 2 is 1.78 bits per heavy atom. The first-order valence-corrected chi connectivity index (χ1v) is 10.4. The average molecular weight is 432 g/mol. The van der Waals surface area contributed by atoms with Crippen LogP contribution in [0.3, 0.4) is 0 Å². The molecule has 0 fully saturated rings. The van der Waals surface area contributed by atoms with Crippen LogP contribution in [0.1, 0.15) is 28.1 Å². The van der Waals surface area contributed by atoms with Crippen molar-refractivity contribution in [3.8, 4) is 0 Å². The van der Waals surface area contributed by atoms with Gasteiger partial charge in [-0.15, -0.1) is 0 Å². The molecule has 0 radical (unpaired) electrons. The number of rotatable bonds is 5. The minimum atomic E-state index is -0.341. The fourth-order valence-electron chi connectivity index (χ4n) is 4.00. The highest BCUT2D eigenvalue weighted by atomic mass is 19.1. The van der Waals surface area contributed by atoms with Crippen molar-refractivity contribution in [2.75, 3.05) is 5.32 Å². The monoisotopic (exact) mass is 432 g/mol. The summed E-state index contributed by atoms with van der Waals surface area (Å²) in [7, 11) is 0. The molecule has 0 aliphatic carbocycles. The Labute approximate surface area is 185 Å². The van der Waals surface area contributed by atoms with Crippen molar-refractivity contribution in [3.63, 3.8) is 0 Å². The maximum atomic E-state index is 14.2.